The van der Waals surface area contributed by atoms with Crippen LogP contribution in [-0.4, -0.2) is 26.8 Å². The monoisotopic (exact) mass is 282 g/mol. The predicted octanol–water partition coefficient (Wildman–Crippen LogP) is 3.44. The summed E-state index contributed by atoms with van der Waals surface area (Å²) >= 11 is 2.08. The quantitative estimate of drug-likeness (QED) is 0.868. The summed E-state index contributed by atoms with van der Waals surface area (Å²) in [6.07, 6.45) is 3.78. The number of hydrogen-bond acceptors (Lipinski definition) is 4. The lowest BCUT2D eigenvalue weighted by Gasteiger charge is -2.18. The van der Waals surface area contributed by atoms with Gasteiger partial charge in [-0.2, -0.15) is 16.9 Å². The Morgan fingerprint density at radius 2 is 2.21 bits per heavy atom. The zero-order valence-electron chi connectivity index (χ0n) is 12.4. The molecular weight excluding hydrogens is 256 g/mol. The van der Waals surface area contributed by atoms with Crippen molar-refractivity contribution in [2.45, 2.75) is 64.3 Å². The van der Waals surface area contributed by atoms with Crippen molar-refractivity contribution in [1.82, 2.24) is 9.78 Å². The van der Waals surface area contributed by atoms with Gasteiger partial charge in [-0.1, -0.05) is 6.92 Å². The maximum Gasteiger partial charge on any atom is 0.148 e. The van der Waals surface area contributed by atoms with E-state index in [9.17, 15) is 0 Å². The van der Waals surface area contributed by atoms with Crippen molar-refractivity contribution in [2.24, 2.45) is 0 Å². The zero-order chi connectivity index (χ0) is 14.0. The van der Waals surface area contributed by atoms with E-state index in [1.54, 1.807) is 0 Å². The fourth-order valence-corrected chi connectivity index (χ4v) is 3.87. The van der Waals surface area contributed by atoms with Crippen LogP contribution in [0.25, 0.3) is 0 Å². The Morgan fingerprint density at radius 3 is 2.84 bits per heavy atom. The number of thioether (sulfide) groups is 1. The van der Waals surface area contributed by atoms with Crippen LogP contribution in [0.3, 0.4) is 0 Å². The van der Waals surface area contributed by atoms with Gasteiger partial charge in [-0.3, -0.25) is 0 Å². The van der Waals surface area contributed by atoms with Crippen molar-refractivity contribution in [3.8, 4) is 0 Å². The number of nitrogens with zero attached hydrogens (tertiary/aromatic N) is 2. The summed E-state index contributed by atoms with van der Waals surface area (Å²) in [7, 11) is 0. The summed E-state index contributed by atoms with van der Waals surface area (Å²) in [5.74, 6) is 2.22. The van der Waals surface area contributed by atoms with Crippen LogP contribution in [0.2, 0.25) is 0 Å². The molecule has 0 amide bonds. The lowest BCUT2D eigenvalue weighted by atomic mass is 10.2. The van der Waals surface area contributed by atoms with E-state index >= 15 is 0 Å². The van der Waals surface area contributed by atoms with Crippen LogP contribution in [0, 0.1) is 6.92 Å². The first kappa shape index (κ1) is 14.6. The molecule has 4 nitrogen and oxygen atoms in total. The maximum atomic E-state index is 6.16. The highest BCUT2D eigenvalue weighted by Crippen LogP contribution is 2.34. The summed E-state index contributed by atoms with van der Waals surface area (Å²) < 4.78 is 2.02. The molecule has 3 N–H and O–H groups in total. The van der Waals surface area contributed by atoms with Crippen LogP contribution in [0.5, 0.6) is 0 Å². The van der Waals surface area contributed by atoms with Crippen LogP contribution < -0.4 is 11.1 Å². The van der Waals surface area contributed by atoms with Crippen molar-refractivity contribution in [2.75, 3.05) is 16.8 Å². The highest BCUT2D eigenvalue weighted by atomic mass is 32.2. The van der Waals surface area contributed by atoms with E-state index in [1.807, 2.05) is 11.6 Å². The van der Waals surface area contributed by atoms with E-state index < -0.39 is 0 Å². The highest BCUT2D eigenvalue weighted by Gasteiger charge is 2.26. The molecule has 1 heterocycles. The van der Waals surface area contributed by atoms with Crippen LogP contribution in [0.4, 0.5) is 11.5 Å². The number of nitrogens with two attached hydrogens (primary N) is 1. The van der Waals surface area contributed by atoms with Crippen molar-refractivity contribution in [1.29, 1.82) is 0 Å². The number of rotatable bonds is 5. The van der Waals surface area contributed by atoms with E-state index in [-0.39, 0.29) is 0 Å². The number of aryl methyl sites for hydroxylation is 1. The smallest absolute Gasteiger partial charge is 0.148 e. The molecule has 0 aromatic carbocycles. The standard InChI is InChI=1S/C14H26N4S/c1-5-19-12-7-6-11(8-12)16-14-13(15)10(4)17-18(14)9(2)3/h9,11-12,16H,5-8,15H2,1-4H3. The molecular formula is C14H26N4S. The average molecular weight is 282 g/mol. The maximum absolute atomic E-state index is 6.16. The first-order chi connectivity index (χ1) is 9.02. The van der Waals surface area contributed by atoms with Gasteiger partial charge in [0, 0.05) is 17.3 Å². The zero-order valence-corrected chi connectivity index (χ0v) is 13.3. The van der Waals surface area contributed by atoms with E-state index in [4.69, 9.17) is 5.73 Å². The Bertz CT molecular complexity index is 427. The summed E-state index contributed by atoms with van der Waals surface area (Å²) in [4.78, 5) is 0. The molecule has 2 unspecified atom stereocenters. The number of hydrogen-bond donors (Lipinski definition) is 2. The first-order valence-electron chi connectivity index (χ1n) is 7.25. The van der Waals surface area contributed by atoms with Gasteiger partial charge in [0.2, 0.25) is 0 Å². The van der Waals surface area contributed by atoms with E-state index in [1.165, 1.54) is 25.0 Å². The minimum absolute atomic E-state index is 0.334. The van der Waals surface area contributed by atoms with Crippen molar-refractivity contribution in [3.05, 3.63) is 5.69 Å². The Hall–Kier alpha value is -0.840. The Labute approximate surface area is 120 Å². The normalized spacial score (nSPS) is 23.2. The summed E-state index contributed by atoms with van der Waals surface area (Å²) in [6, 6.07) is 0.876. The molecule has 0 spiro atoms. The minimum Gasteiger partial charge on any atom is -0.394 e. The van der Waals surface area contributed by atoms with E-state index in [2.05, 4.69) is 42.9 Å². The number of aromatic nitrogens is 2. The topological polar surface area (TPSA) is 55.9 Å². The molecule has 1 aromatic heterocycles. The van der Waals surface area contributed by atoms with Crippen molar-refractivity contribution < 1.29 is 0 Å². The van der Waals surface area contributed by atoms with Crippen LogP contribution in [0.1, 0.15) is 51.8 Å². The van der Waals surface area contributed by atoms with Gasteiger partial charge in [-0.05, 0) is 45.8 Å². The van der Waals surface area contributed by atoms with Gasteiger partial charge in [-0.15, -0.1) is 0 Å². The molecule has 108 valence electrons. The second-order valence-corrected chi connectivity index (χ2v) is 7.20. The summed E-state index contributed by atoms with van der Waals surface area (Å²) in [5, 5.41) is 8.97. The lowest BCUT2D eigenvalue weighted by Crippen LogP contribution is -2.20. The molecule has 1 aromatic rings. The van der Waals surface area contributed by atoms with Crippen molar-refractivity contribution in [3.63, 3.8) is 0 Å². The van der Waals surface area contributed by atoms with Crippen LogP contribution in [0.15, 0.2) is 0 Å². The predicted molar refractivity (Wildman–Crippen MR) is 84.9 cm³/mol. The fourth-order valence-electron chi connectivity index (χ4n) is 2.73. The third-order valence-corrected chi connectivity index (χ3v) is 4.98. The fraction of sp³-hybridized carbons (Fsp3) is 0.786. The third kappa shape index (κ3) is 3.19. The van der Waals surface area contributed by atoms with Gasteiger partial charge in [0.05, 0.1) is 11.4 Å². The molecule has 1 saturated carbocycles. The van der Waals surface area contributed by atoms with Crippen LogP contribution >= 0.6 is 11.8 Å². The van der Waals surface area contributed by atoms with E-state index in [0.717, 1.165) is 22.4 Å². The van der Waals surface area contributed by atoms with Crippen LogP contribution in [-0.2, 0) is 0 Å². The van der Waals surface area contributed by atoms with Gasteiger partial charge in [-0.25, -0.2) is 4.68 Å². The molecule has 1 fully saturated rings. The van der Waals surface area contributed by atoms with Gasteiger partial charge >= 0.3 is 0 Å². The van der Waals surface area contributed by atoms with E-state index in [0.29, 0.717) is 12.1 Å². The van der Waals surface area contributed by atoms with Crippen molar-refractivity contribution >= 4 is 23.3 Å². The summed E-state index contributed by atoms with van der Waals surface area (Å²) in [5.41, 5.74) is 7.89. The molecule has 0 bridgehead atoms. The largest absolute Gasteiger partial charge is 0.394 e. The number of nitrogens with one attached hydrogen (secondary N) is 1. The Morgan fingerprint density at radius 1 is 1.47 bits per heavy atom. The number of nitrogen functional groups attached to an aromatic ring is 1. The molecule has 19 heavy (non-hydrogen) atoms. The second-order valence-electron chi connectivity index (χ2n) is 5.62. The molecule has 0 aliphatic heterocycles. The lowest BCUT2D eigenvalue weighted by molar-refractivity contribution is 0.530. The second kappa shape index (κ2) is 6.07. The van der Waals surface area contributed by atoms with Gasteiger partial charge in [0.25, 0.3) is 0 Å². The molecule has 0 radical (unpaired) electrons. The minimum atomic E-state index is 0.334. The molecule has 2 rings (SSSR count). The molecule has 2 atom stereocenters. The summed E-state index contributed by atoms with van der Waals surface area (Å²) in [6.45, 7) is 8.49. The SMILES string of the molecule is CCSC1CCC(Nc2c(N)c(C)nn2C(C)C)C1. The molecule has 5 heteroatoms. The van der Waals surface area contributed by atoms with Gasteiger partial charge < -0.3 is 11.1 Å². The third-order valence-electron chi connectivity index (χ3n) is 3.75. The first-order valence-corrected chi connectivity index (χ1v) is 8.30. The Kier molecular flexibility index (Phi) is 4.66. The molecule has 1 aliphatic carbocycles. The highest BCUT2D eigenvalue weighted by molar-refractivity contribution is 7.99. The average Bonchev–Trinajstić information content (AvgIpc) is 2.90. The molecule has 0 saturated heterocycles. The Balaban J connectivity index is 2.07. The van der Waals surface area contributed by atoms with Gasteiger partial charge in [0.15, 0.2) is 0 Å². The molecule has 1 aliphatic rings. The number of anilines is 2. The van der Waals surface area contributed by atoms with Gasteiger partial charge in [0.1, 0.15) is 5.82 Å².